The molecule has 0 amide bonds. The Balaban J connectivity index is 0.00000576. The minimum absolute atomic E-state index is 0. The van der Waals surface area contributed by atoms with Crippen molar-refractivity contribution in [1.82, 2.24) is 15.6 Å². The fraction of sp³-hybridized carbons (Fsp3) is 0.667. The number of pyridine rings is 1. The summed E-state index contributed by atoms with van der Waals surface area (Å²) >= 11 is 0. The van der Waals surface area contributed by atoms with Crippen molar-refractivity contribution in [2.75, 3.05) is 33.4 Å². The first-order valence-corrected chi connectivity index (χ1v) is 8.90. The third-order valence-corrected chi connectivity index (χ3v) is 3.34. The van der Waals surface area contributed by atoms with Crippen LogP contribution in [0.1, 0.15) is 45.1 Å². The molecule has 0 bridgehead atoms. The van der Waals surface area contributed by atoms with E-state index in [1.165, 1.54) is 6.42 Å². The molecular weight excluding hydrogens is 431 g/mol. The largest absolute Gasteiger partial charge is 0.478 e. The van der Waals surface area contributed by atoms with E-state index in [0.29, 0.717) is 19.0 Å². The predicted octanol–water partition coefficient (Wildman–Crippen LogP) is 3.36. The summed E-state index contributed by atoms with van der Waals surface area (Å²) in [4.78, 5) is 8.51. The van der Waals surface area contributed by atoms with Gasteiger partial charge in [-0.05, 0) is 24.8 Å². The summed E-state index contributed by atoms with van der Waals surface area (Å²) in [5, 5.41) is 6.56. The van der Waals surface area contributed by atoms with Crippen LogP contribution >= 0.6 is 24.0 Å². The zero-order valence-corrected chi connectivity index (χ0v) is 18.0. The van der Waals surface area contributed by atoms with Gasteiger partial charge >= 0.3 is 0 Å². The highest BCUT2D eigenvalue weighted by atomic mass is 127. The van der Waals surface area contributed by atoms with E-state index in [4.69, 9.17) is 9.47 Å². The van der Waals surface area contributed by atoms with Crippen molar-refractivity contribution in [2.45, 2.75) is 46.1 Å². The minimum Gasteiger partial charge on any atom is -0.478 e. The van der Waals surface area contributed by atoms with Gasteiger partial charge in [0.1, 0.15) is 0 Å². The highest BCUT2D eigenvalue weighted by molar-refractivity contribution is 14.0. The molecule has 6 nitrogen and oxygen atoms in total. The van der Waals surface area contributed by atoms with Crippen molar-refractivity contribution >= 4 is 29.9 Å². The Morgan fingerprint density at radius 1 is 1.08 bits per heavy atom. The number of rotatable bonds is 12. The molecule has 0 aromatic carbocycles. The molecule has 0 aliphatic carbocycles. The van der Waals surface area contributed by atoms with Crippen LogP contribution in [0, 0.1) is 0 Å². The number of hydrogen-bond donors (Lipinski definition) is 2. The topological polar surface area (TPSA) is 67.8 Å². The second-order valence-corrected chi connectivity index (χ2v) is 5.53. The maximum Gasteiger partial charge on any atom is 0.213 e. The van der Waals surface area contributed by atoms with Crippen LogP contribution in [0.15, 0.2) is 23.3 Å². The van der Waals surface area contributed by atoms with Crippen molar-refractivity contribution in [2.24, 2.45) is 4.99 Å². The lowest BCUT2D eigenvalue weighted by molar-refractivity contribution is 0.129. The van der Waals surface area contributed by atoms with Crippen LogP contribution in [0.2, 0.25) is 0 Å². The summed E-state index contributed by atoms with van der Waals surface area (Å²) in [5.74, 6) is 1.46. The molecule has 0 aliphatic rings. The lowest BCUT2D eigenvalue weighted by Crippen LogP contribution is -2.37. The van der Waals surface area contributed by atoms with Gasteiger partial charge in [0, 0.05) is 45.6 Å². The Morgan fingerprint density at radius 3 is 2.52 bits per heavy atom. The van der Waals surface area contributed by atoms with Gasteiger partial charge in [0.05, 0.1) is 6.61 Å². The standard InChI is InChI=1S/C18H32N4O2.HI/c1-4-6-12-23-13-7-10-20-18(19-3)22-15-16-8-9-17(21-14-16)24-11-5-2;/h8-9,14H,4-7,10-13,15H2,1-3H3,(H2,19,20,22);1H. The first-order chi connectivity index (χ1) is 11.8. The van der Waals surface area contributed by atoms with Crippen LogP contribution in [0.5, 0.6) is 5.88 Å². The van der Waals surface area contributed by atoms with Crippen molar-refractivity contribution in [3.8, 4) is 5.88 Å². The average Bonchev–Trinajstić information content (AvgIpc) is 2.62. The van der Waals surface area contributed by atoms with Crippen molar-refractivity contribution in [3.05, 3.63) is 23.9 Å². The van der Waals surface area contributed by atoms with Crippen molar-refractivity contribution in [1.29, 1.82) is 0 Å². The van der Waals surface area contributed by atoms with Crippen LogP contribution in [-0.2, 0) is 11.3 Å². The third-order valence-electron chi connectivity index (χ3n) is 3.34. The molecule has 25 heavy (non-hydrogen) atoms. The summed E-state index contributed by atoms with van der Waals surface area (Å²) in [6.45, 7) is 8.10. The van der Waals surface area contributed by atoms with Gasteiger partial charge in [0.15, 0.2) is 5.96 Å². The highest BCUT2D eigenvalue weighted by Gasteiger charge is 2.00. The van der Waals surface area contributed by atoms with Crippen LogP contribution in [0.25, 0.3) is 0 Å². The van der Waals surface area contributed by atoms with Gasteiger partial charge in [0.2, 0.25) is 5.88 Å². The fourth-order valence-corrected chi connectivity index (χ4v) is 1.94. The maximum absolute atomic E-state index is 5.54. The minimum atomic E-state index is 0. The van der Waals surface area contributed by atoms with Crippen LogP contribution in [-0.4, -0.2) is 44.4 Å². The molecule has 0 aliphatic heterocycles. The highest BCUT2D eigenvalue weighted by Crippen LogP contribution is 2.07. The second kappa shape index (κ2) is 16.4. The summed E-state index contributed by atoms with van der Waals surface area (Å²) in [5.41, 5.74) is 1.09. The number of halogens is 1. The van der Waals surface area contributed by atoms with Gasteiger partial charge in [-0.15, -0.1) is 24.0 Å². The second-order valence-electron chi connectivity index (χ2n) is 5.53. The van der Waals surface area contributed by atoms with Gasteiger partial charge in [-0.3, -0.25) is 4.99 Å². The van der Waals surface area contributed by atoms with E-state index in [1.54, 1.807) is 7.05 Å². The summed E-state index contributed by atoms with van der Waals surface area (Å²) < 4.78 is 11.0. The Morgan fingerprint density at radius 2 is 1.88 bits per heavy atom. The molecule has 1 aromatic heterocycles. The van der Waals surface area contributed by atoms with E-state index in [0.717, 1.165) is 50.5 Å². The molecule has 7 heteroatoms. The molecule has 0 unspecified atom stereocenters. The SMILES string of the molecule is CCCCOCCCNC(=NC)NCc1ccc(OCCC)nc1.I. The monoisotopic (exact) mass is 464 g/mol. The molecule has 1 heterocycles. The average molecular weight is 464 g/mol. The molecule has 0 radical (unpaired) electrons. The number of guanidine groups is 1. The molecule has 1 rings (SSSR count). The van der Waals surface area contributed by atoms with Gasteiger partial charge in [-0.2, -0.15) is 0 Å². The van der Waals surface area contributed by atoms with Crippen molar-refractivity contribution in [3.63, 3.8) is 0 Å². The van der Waals surface area contributed by atoms with Gasteiger partial charge in [-0.1, -0.05) is 26.3 Å². The molecular formula is C18H33IN4O2. The Labute approximate surface area is 169 Å². The molecule has 0 atom stereocenters. The first-order valence-electron chi connectivity index (χ1n) is 8.90. The van der Waals surface area contributed by atoms with E-state index >= 15 is 0 Å². The lowest BCUT2D eigenvalue weighted by atomic mass is 10.3. The number of aromatic nitrogens is 1. The fourth-order valence-electron chi connectivity index (χ4n) is 1.94. The van der Waals surface area contributed by atoms with E-state index in [1.807, 2.05) is 18.3 Å². The first kappa shape index (κ1) is 23.9. The predicted molar refractivity (Wildman–Crippen MR) is 114 cm³/mol. The zero-order valence-electron chi connectivity index (χ0n) is 15.7. The molecule has 0 spiro atoms. The van der Waals surface area contributed by atoms with Gasteiger partial charge in [-0.25, -0.2) is 4.98 Å². The Hall–Kier alpha value is -1.09. The van der Waals surface area contributed by atoms with Gasteiger partial charge < -0.3 is 20.1 Å². The zero-order chi connectivity index (χ0) is 17.5. The van der Waals surface area contributed by atoms with Crippen LogP contribution in [0.4, 0.5) is 0 Å². The summed E-state index contributed by atoms with van der Waals surface area (Å²) in [6, 6.07) is 3.91. The molecule has 0 saturated heterocycles. The normalized spacial score (nSPS) is 10.9. The summed E-state index contributed by atoms with van der Waals surface area (Å²) in [7, 11) is 1.77. The Bertz CT molecular complexity index is 455. The number of ether oxygens (including phenoxy) is 2. The van der Waals surface area contributed by atoms with E-state index in [9.17, 15) is 0 Å². The van der Waals surface area contributed by atoms with Crippen molar-refractivity contribution < 1.29 is 9.47 Å². The van der Waals surface area contributed by atoms with Crippen LogP contribution in [0.3, 0.4) is 0 Å². The maximum atomic E-state index is 5.54. The third kappa shape index (κ3) is 12.0. The van der Waals surface area contributed by atoms with E-state index in [2.05, 4.69) is 34.5 Å². The van der Waals surface area contributed by atoms with Crippen LogP contribution < -0.4 is 15.4 Å². The number of aliphatic imine (C=N–C) groups is 1. The molecule has 2 N–H and O–H groups in total. The summed E-state index contributed by atoms with van der Waals surface area (Å²) in [6.07, 6.45) is 6.08. The molecule has 1 aromatic rings. The van der Waals surface area contributed by atoms with E-state index < -0.39 is 0 Å². The number of hydrogen-bond acceptors (Lipinski definition) is 4. The molecule has 144 valence electrons. The molecule has 0 fully saturated rings. The Kier molecular flexibility index (Phi) is 15.7. The number of unbranched alkanes of at least 4 members (excludes halogenated alkanes) is 1. The number of nitrogens with one attached hydrogen (secondary N) is 2. The van der Waals surface area contributed by atoms with Gasteiger partial charge in [0.25, 0.3) is 0 Å². The van der Waals surface area contributed by atoms with E-state index in [-0.39, 0.29) is 24.0 Å². The smallest absolute Gasteiger partial charge is 0.213 e. The molecule has 0 saturated carbocycles. The lowest BCUT2D eigenvalue weighted by Gasteiger charge is -2.12. The number of nitrogens with zero attached hydrogens (tertiary/aromatic N) is 2. The quantitative estimate of drug-likeness (QED) is 0.215.